The van der Waals surface area contributed by atoms with E-state index in [9.17, 15) is 14.7 Å². The third-order valence-corrected chi connectivity index (χ3v) is 5.21. The van der Waals surface area contributed by atoms with Crippen LogP contribution in [0.15, 0.2) is 53.0 Å². The zero-order chi connectivity index (χ0) is 20.1. The van der Waals surface area contributed by atoms with Crippen LogP contribution >= 0.6 is 15.9 Å². The van der Waals surface area contributed by atoms with E-state index in [2.05, 4.69) is 15.9 Å². The molecule has 6 nitrogen and oxygen atoms in total. The van der Waals surface area contributed by atoms with Gasteiger partial charge in [0, 0.05) is 36.2 Å². The fourth-order valence-electron chi connectivity index (χ4n) is 3.15. The molecule has 2 amide bonds. The summed E-state index contributed by atoms with van der Waals surface area (Å²) in [6.07, 6.45) is 0.0817. The summed E-state index contributed by atoms with van der Waals surface area (Å²) in [5.41, 5.74) is 0.645. The molecule has 1 atom stereocenters. The first-order chi connectivity index (χ1) is 13.4. The Bertz CT molecular complexity index is 823. The van der Waals surface area contributed by atoms with Crippen molar-refractivity contribution in [2.24, 2.45) is 0 Å². The number of rotatable bonds is 4. The molecule has 148 valence electrons. The molecule has 1 unspecified atom stereocenters. The van der Waals surface area contributed by atoms with Crippen LogP contribution in [0.4, 0.5) is 0 Å². The van der Waals surface area contributed by atoms with Crippen LogP contribution in [0, 0.1) is 0 Å². The second kappa shape index (κ2) is 9.10. The van der Waals surface area contributed by atoms with Gasteiger partial charge in [0.2, 0.25) is 0 Å². The van der Waals surface area contributed by atoms with Crippen molar-refractivity contribution in [1.29, 1.82) is 0 Å². The van der Waals surface area contributed by atoms with Gasteiger partial charge in [-0.05, 0) is 61.9 Å². The largest absolute Gasteiger partial charge is 0.508 e. The summed E-state index contributed by atoms with van der Waals surface area (Å²) in [7, 11) is 0. The second-order valence-electron chi connectivity index (χ2n) is 6.73. The number of carbonyl (C=O) groups is 2. The summed E-state index contributed by atoms with van der Waals surface area (Å²) in [6, 6.07) is 13.6. The Morgan fingerprint density at radius 1 is 0.964 bits per heavy atom. The van der Waals surface area contributed by atoms with Gasteiger partial charge in [-0.3, -0.25) is 9.59 Å². The van der Waals surface area contributed by atoms with Gasteiger partial charge in [0.15, 0.2) is 6.10 Å². The van der Waals surface area contributed by atoms with Crippen LogP contribution in [-0.2, 0) is 4.79 Å². The van der Waals surface area contributed by atoms with Gasteiger partial charge >= 0.3 is 0 Å². The molecule has 2 aromatic carbocycles. The number of ether oxygens (including phenoxy) is 1. The van der Waals surface area contributed by atoms with Crippen LogP contribution in [0.1, 0.15) is 23.7 Å². The molecular formula is C21H23BrN2O4. The van der Waals surface area contributed by atoms with Crippen molar-refractivity contribution in [2.75, 3.05) is 26.2 Å². The monoisotopic (exact) mass is 446 g/mol. The number of aromatic hydroxyl groups is 1. The molecule has 1 heterocycles. The van der Waals surface area contributed by atoms with Crippen LogP contribution in [0.2, 0.25) is 0 Å². The van der Waals surface area contributed by atoms with E-state index in [1.165, 1.54) is 12.1 Å². The van der Waals surface area contributed by atoms with Gasteiger partial charge in [0.25, 0.3) is 11.8 Å². The number of hydrogen-bond donors (Lipinski definition) is 1. The number of carbonyl (C=O) groups excluding carboxylic acids is 2. The number of benzene rings is 2. The van der Waals surface area contributed by atoms with E-state index >= 15 is 0 Å². The summed E-state index contributed by atoms with van der Waals surface area (Å²) in [6.45, 7) is 3.89. The number of hydrogen-bond acceptors (Lipinski definition) is 4. The molecule has 0 spiro atoms. The van der Waals surface area contributed by atoms with Gasteiger partial charge in [-0.25, -0.2) is 0 Å². The zero-order valence-electron chi connectivity index (χ0n) is 15.7. The lowest BCUT2D eigenvalue weighted by Gasteiger charge is -2.25. The van der Waals surface area contributed by atoms with Gasteiger partial charge in [0.1, 0.15) is 11.5 Å². The molecule has 0 bridgehead atoms. The highest BCUT2D eigenvalue weighted by Gasteiger charge is 2.26. The molecular weight excluding hydrogens is 424 g/mol. The summed E-state index contributed by atoms with van der Waals surface area (Å²) >= 11 is 3.37. The molecule has 28 heavy (non-hydrogen) atoms. The summed E-state index contributed by atoms with van der Waals surface area (Å²) in [5.74, 6) is 0.552. The van der Waals surface area contributed by atoms with Gasteiger partial charge in [-0.1, -0.05) is 15.9 Å². The van der Waals surface area contributed by atoms with Crippen molar-refractivity contribution >= 4 is 27.7 Å². The average Bonchev–Trinajstić information content (AvgIpc) is 2.95. The molecule has 0 aliphatic carbocycles. The van der Waals surface area contributed by atoms with E-state index in [4.69, 9.17) is 4.74 Å². The predicted molar refractivity (Wildman–Crippen MR) is 109 cm³/mol. The van der Waals surface area contributed by atoms with E-state index in [-0.39, 0.29) is 17.6 Å². The number of nitrogens with zero attached hydrogens (tertiary/aromatic N) is 2. The topological polar surface area (TPSA) is 70.1 Å². The lowest BCUT2D eigenvalue weighted by atomic mass is 10.2. The number of amides is 2. The van der Waals surface area contributed by atoms with Gasteiger partial charge < -0.3 is 19.6 Å². The van der Waals surface area contributed by atoms with Gasteiger partial charge in [-0.2, -0.15) is 0 Å². The maximum absolute atomic E-state index is 12.7. The zero-order valence-corrected chi connectivity index (χ0v) is 17.3. The first kappa shape index (κ1) is 20.2. The van der Waals surface area contributed by atoms with Crippen molar-refractivity contribution < 1.29 is 19.4 Å². The van der Waals surface area contributed by atoms with Crippen LogP contribution in [0.5, 0.6) is 11.5 Å². The summed E-state index contributed by atoms with van der Waals surface area (Å²) in [5, 5.41) is 9.34. The number of phenolic OH excluding ortho intramolecular Hbond substituents is 1. The minimum absolute atomic E-state index is 0.0183. The predicted octanol–water partition coefficient (Wildman–Crippen LogP) is 3.30. The molecule has 1 saturated heterocycles. The Morgan fingerprint density at radius 3 is 2.25 bits per heavy atom. The van der Waals surface area contributed by atoms with Crippen molar-refractivity contribution in [1.82, 2.24) is 9.80 Å². The highest BCUT2D eigenvalue weighted by molar-refractivity contribution is 9.10. The van der Waals surface area contributed by atoms with Gasteiger partial charge in [-0.15, -0.1) is 0 Å². The van der Waals surface area contributed by atoms with Gasteiger partial charge in [0.05, 0.1) is 0 Å². The average molecular weight is 447 g/mol. The highest BCUT2D eigenvalue weighted by Crippen LogP contribution is 2.18. The molecule has 3 rings (SSSR count). The van der Waals surface area contributed by atoms with Crippen LogP contribution < -0.4 is 4.74 Å². The normalized spacial score (nSPS) is 15.6. The van der Waals surface area contributed by atoms with E-state index in [1.807, 2.05) is 12.1 Å². The fraction of sp³-hybridized carbons (Fsp3) is 0.333. The molecule has 7 heteroatoms. The Hall–Kier alpha value is -2.54. The molecule has 0 radical (unpaired) electrons. The molecule has 0 aromatic heterocycles. The molecule has 1 aliphatic rings. The van der Waals surface area contributed by atoms with Crippen molar-refractivity contribution in [2.45, 2.75) is 19.4 Å². The third kappa shape index (κ3) is 5.04. The number of halogens is 1. The van der Waals surface area contributed by atoms with Crippen LogP contribution in [0.3, 0.4) is 0 Å². The van der Waals surface area contributed by atoms with Crippen LogP contribution in [0.25, 0.3) is 0 Å². The van der Waals surface area contributed by atoms with E-state index in [0.29, 0.717) is 37.5 Å². The molecule has 1 aliphatic heterocycles. The van der Waals surface area contributed by atoms with E-state index in [1.54, 1.807) is 41.0 Å². The Morgan fingerprint density at radius 2 is 1.57 bits per heavy atom. The van der Waals surface area contributed by atoms with E-state index in [0.717, 1.165) is 10.9 Å². The Labute approximate surface area is 172 Å². The lowest BCUT2D eigenvalue weighted by molar-refractivity contribution is -0.137. The lowest BCUT2D eigenvalue weighted by Crippen LogP contribution is -2.43. The molecule has 1 fully saturated rings. The van der Waals surface area contributed by atoms with E-state index < -0.39 is 6.10 Å². The van der Waals surface area contributed by atoms with Crippen LogP contribution in [-0.4, -0.2) is 59.0 Å². The van der Waals surface area contributed by atoms with Crippen molar-refractivity contribution in [3.63, 3.8) is 0 Å². The molecule has 2 aromatic rings. The number of phenols is 1. The highest BCUT2D eigenvalue weighted by atomic mass is 79.9. The third-order valence-electron chi connectivity index (χ3n) is 4.68. The first-order valence-electron chi connectivity index (χ1n) is 9.23. The fourth-order valence-corrected chi connectivity index (χ4v) is 3.42. The maximum Gasteiger partial charge on any atom is 0.263 e. The second-order valence-corrected chi connectivity index (χ2v) is 7.65. The van der Waals surface area contributed by atoms with Crippen molar-refractivity contribution in [3.8, 4) is 11.5 Å². The summed E-state index contributed by atoms with van der Waals surface area (Å²) < 4.78 is 6.62. The van der Waals surface area contributed by atoms with Crippen molar-refractivity contribution in [3.05, 3.63) is 58.6 Å². The Balaban J connectivity index is 1.57. The quantitative estimate of drug-likeness (QED) is 0.781. The minimum atomic E-state index is -0.640. The minimum Gasteiger partial charge on any atom is -0.508 e. The molecule has 0 saturated carbocycles. The Kier molecular flexibility index (Phi) is 6.57. The summed E-state index contributed by atoms with van der Waals surface area (Å²) in [4.78, 5) is 29.0. The smallest absolute Gasteiger partial charge is 0.263 e. The molecule has 1 N–H and O–H groups in total. The standard InChI is InChI=1S/C21H23BrN2O4/c1-15(28-19-9-7-18(25)8-10-19)20(26)23-11-2-12-24(14-13-23)21(27)16-3-5-17(22)6-4-16/h3-10,15,25H,2,11-14H2,1H3. The maximum atomic E-state index is 12.7. The first-order valence-corrected chi connectivity index (χ1v) is 10.0. The SMILES string of the molecule is CC(Oc1ccc(O)cc1)C(=O)N1CCCN(C(=O)c2ccc(Br)cc2)CC1.